The van der Waals surface area contributed by atoms with Crippen molar-refractivity contribution in [1.82, 2.24) is 19.7 Å². The molecule has 0 N–H and O–H groups in total. The van der Waals surface area contributed by atoms with Gasteiger partial charge in [-0.25, -0.2) is 17.1 Å². The third kappa shape index (κ3) is 6.65. The molecule has 3 heterocycles. The highest BCUT2D eigenvalue weighted by Crippen LogP contribution is 2.39. The minimum atomic E-state index is -4.06. The molecular formula is C27H33BrFN5O5SSi. The first-order valence-electron chi connectivity index (χ1n) is 12.9. The van der Waals surface area contributed by atoms with Gasteiger partial charge in [0.2, 0.25) is 21.8 Å². The highest BCUT2D eigenvalue weighted by atomic mass is 79.9. The molecule has 41 heavy (non-hydrogen) atoms. The summed E-state index contributed by atoms with van der Waals surface area (Å²) in [7, 11) is -2.75. The van der Waals surface area contributed by atoms with E-state index >= 15 is 0 Å². The second-order valence-electron chi connectivity index (χ2n) is 10.7. The van der Waals surface area contributed by atoms with Gasteiger partial charge in [0, 0.05) is 25.5 Å². The third-order valence-electron chi connectivity index (χ3n) is 6.48. The van der Waals surface area contributed by atoms with Gasteiger partial charge in [0.05, 0.1) is 37.6 Å². The maximum Gasteiger partial charge on any atom is 0.246 e. The van der Waals surface area contributed by atoms with Crippen LogP contribution in [0.3, 0.4) is 0 Å². The Morgan fingerprint density at radius 2 is 1.80 bits per heavy atom. The summed E-state index contributed by atoms with van der Waals surface area (Å²) in [6, 6.07) is 10.6. The van der Waals surface area contributed by atoms with Gasteiger partial charge in [-0.05, 0) is 59.2 Å². The van der Waals surface area contributed by atoms with Crippen molar-refractivity contribution in [2.24, 2.45) is 0 Å². The Labute approximate surface area is 248 Å². The van der Waals surface area contributed by atoms with E-state index in [1.165, 1.54) is 30.9 Å². The summed E-state index contributed by atoms with van der Waals surface area (Å²) in [4.78, 5) is 4.12. The van der Waals surface area contributed by atoms with Crippen LogP contribution in [0.2, 0.25) is 25.7 Å². The van der Waals surface area contributed by atoms with Crippen molar-refractivity contribution in [2.75, 3.05) is 25.1 Å². The maximum atomic E-state index is 14.4. The highest BCUT2D eigenvalue weighted by Gasteiger charge is 2.37. The van der Waals surface area contributed by atoms with E-state index in [0.29, 0.717) is 39.2 Å². The Morgan fingerprint density at radius 1 is 1.12 bits per heavy atom. The van der Waals surface area contributed by atoms with E-state index in [9.17, 15) is 12.8 Å². The molecule has 0 aliphatic rings. The largest absolute Gasteiger partial charge is 0.494 e. The van der Waals surface area contributed by atoms with Gasteiger partial charge < -0.3 is 13.9 Å². The first-order valence-corrected chi connectivity index (χ1v) is 18.9. The Kier molecular flexibility index (Phi) is 9.24. The molecule has 1 atom stereocenters. The molecule has 0 saturated carbocycles. The van der Waals surface area contributed by atoms with Crippen molar-refractivity contribution in [1.29, 1.82) is 0 Å². The smallest absolute Gasteiger partial charge is 0.246 e. The van der Waals surface area contributed by atoms with Gasteiger partial charge in [-0.3, -0.25) is 9.55 Å². The normalized spacial score (nSPS) is 12.8. The van der Waals surface area contributed by atoms with E-state index in [4.69, 9.17) is 13.9 Å². The summed E-state index contributed by atoms with van der Waals surface area (Å²) in [5, 5.41) is 7.86. The van der Waals surface area contributed by atoms with Crippen LogP contribution < -0.4 is 13.8 Å². The Balaban J connectivity index is 1.92. The van der Waals surface area contributed by atoms with Crippen LogP contribution in [0, 0.1) is 5.82 Å². The van der Waals surface area contributed by atoms with Crippen LogP contribution in [0.15, 0.2) is 57.7 Å². The lowest BCUT2D eigenvalue weighted by molar-refractivity contribution is 0.391. The molecule has 3 aromatic heterocycles. The first-order chi connectivity index (χ1) is 19.4. The zero-order valence-corrected chi connectivity index (χ0v) is 27.2. The molecule has 4 rings (SSSR count). The molecule has 0 aliphatic carbocycles. The Bertz CT molecular complexity index is 1590. The third-order valence-corrected chi connectivity index (χ3v) is 11.0. The number of rotatable bonds is 12. The number of pyridine rings is 1. The molecule has 0 radical (unpaired) electrons. The van der Waals surface area contributed by atoms with E-state index in [0.717, 1.165) is 6.20 Å². The van der Waals surface area contributed by atoms with Crippen LogP contribution in [-0.4, -0.2) is 62.3 Å². The summed E-state index contributed by atoms with van der Waals surface area (Å²) in [6.07, 6.45) is 2.62. The monoisotopic (exact) mass is 665 g/mol. The molecule has 10 nitrogen and oxygen atoms in total. The van der Waals surface area contributed by atoms with E-state index in [1.807, 2.05) is 0 Å². The lowest BCUT2D eigenvalue weighted by Gasteiger charge is -2.29. The molecule has 14 heteroatoms. The summed E-state index contributed by atoms with van der Waals surface area (Å²) >= 11 is 3.31. The molecule has 0 fully saturated rings. The van der Waals surface area contributed by atoms with Gasteiger partial charge in [-0.15, -0.1) is 10.2 Å². The summed E-state index contributed by atoms with van der Waals surface area (Å²) in [5.74, 6) is 1.05. The van der Waals surface area contributed by atoms with Crippen LogP contribution in [0.25, 0.3) is 17.3 Å². The van der Waals surface area contributed by atoms with Crippen LogP contribution >= 0.6 is 15.9 Å². The lowest BCUT2D eigenvalue weighted by atomic mass is 10.2. The second kappa shape index (κ2) is 12.3. The number of hydrogen-bond donors (Lipinski definition) is 0. The number of methoxy groups -OCH3 is 2. The first kappa shape index (κ1) is 30.7. The Morgan fingerprint density at radius 3 is 2.37 bits per heavy atom. The number of sulfonamides is 1. The van der Waals surface area contributed by atoms with Gasteiger partial charge in [-0.2, -0.15) is 0 Å². The second-order valence-corrected chi connectivity index (χ2v) is 19.4. The van der Waals surface area contributed by atoms with Crippen molar-refractivity contribution < 1.29 is 26.7 Å². The van der Waals surface area contributed by atoms with Gasteiger partial charge in [0.15, 0.2) is 5.76 Å². The summed E-state index contributed by atoms with van der Waals surface area (Å²) < 4.78 is 62.7. The average Bonchev–Trinajstić information content (AvgIpc) is 3.59. The van der Waals surface area contributed by atoms with Crippen LogP contribution in [0.1, 0.15) is 12.6 Å². The summed E-state index contributed by atoms with van der Waals surface area (Å²) in [6.45, 7) is 8.29. The van der Waals surface area contributed by atoms with Crippen molar-refractivity contribution >= 4 is 40.0 Å². The topological polar surface area (TPSA) is 113 Å². The van der Waals surface area contributed by atoms with Crippen LogP contribution in [-0.2, 0) is 16.4 Å². The van der Waals surface area contributed by atoms with E-state index in [1.54, 1.807) is 41.8 Å². The number of hydrogen-bond acceptors (Lipinski definition) is 8. The zero-order valence-electron chi connectivity index (χ0n) is 23.8. The molecule has 4 aromatic rings. The summed E-state index contributed by atoms with van der Waals surface area (Å²) in [5.41, 5.74) is 0.851. The molecule has 0 bridgehead atoms. The molecule has 1 unspecified atom stereocenters. The van der Waals surface area contributed by atoms with Gasteiger partial charge in [-0.1, -0.05) is 25.7 Å². The van der Waals surface area contributed by atoms with Crippen LogP contribution in [0.5, 0.6) is 11.5 Å². The number of halogens is 2. The molecule has 0 amide bonds. The Hall–Kier alpha value is -3.23. The predicted octanol–water partition coefficient (Wildman–Crippen LogP) is 5.95. The number of anilines is 1. The maximum absolute atomic E-state index is 14.4. The van der Waals surface area contributed by atoms with Crippen LogP contribution in [0.4, 0.5) is 10.3 Å². The molecule has 1 aromatic carbocycles. The SMILES string of the molecule is COc1cccc(OC)c1-n1c(-c2ccco2)nnc1N(CC[Si](C)(C)C)S(=O)(=O)C(C)Cc1ncc(F)cc1Br. The molecular weight excluding hydrogens is 633 g/mol. The highest BCUT2D eigenvalue weighted by molar-refractivity contribution is 9.10. The number of aromatic nitrogens is 4. The fourth-order valence-electron chi connectivity index (χ4n) is 4.23. The molecule has 220 valence electrons. The standard InChI is InChI=1S/C27H33BrFN5O5SSi/c1-18(15-21-20(28)16-19(29)17-30-21)40(35,36)33(12-14-41(4,5)6)27-32-31-26(24-11-8-13-39-24)34(27)25-22(37-2)9-7-10-23(25)38-3/h7-11,13,16-18H,12,14-15H2,1-6H3. The quantitative estimate of drug-likeness (QED) is 0.171. The molecule has 0 saturated heterocycles. The number of ether oxygens (including phenoxy) is 2. The van der Waals surface area contributed by atoms with Crippen molar-refractivity contribution in [3.05, 3.63) is 64.8 Å². The van der Waals surface area contributed by atoms with E-state index in [-0.39, 0.29) is 24.7 Å². The average molecular weight is 667 g/mol. The predicted molar refractivity (Wildman–Crippen MR) is 162 cm³/mol. The minimum absolute atomic E-state index is 0.0454. The van der Waals surface area contributed by atoms with Crippen molar-refractivity contribution in [3.8, 4) is 28.8 Å². The molecule has 0 aliphatic heterocycles. The number of nitrogens with zero attached hydrogens (tertiary/aromatic N) is 5. The zero-order chi connectivity index (χ0) is 29.9. The molecule has 0 spiro atoms. The van der Waals surface area contributed by atoms with Crippen molar-refractivity contribution in [3.63, 3.8) is 0 Å². The number of benzene rings is 1. The van der Waals surface area contributed by atoms with Gasteiger partial charge in [0.1, 0.15) is 23.0 Å². The fourth-order valence-corrected chi connectivity index (χ4v) is 7.26. The minimum Gasteiger partial charge on any atom is -0.494 e. The van der Waals surface area contributed by atoms with Gasteiger partial charge >= 0.3 is 0 Å². The lowest BCUT2D eigenvalue weighted by Crippen LogP contribution is -2.42. The number of furan rings is 1. The van der Waals surface area contributed by atoms with E-state index in [2.05, 4.69) is 50.8 Å². The van der Waals surface area contributed by atoms with Crippen molar-refractivity contribution in [2.45, 2.75) is 44.3 Å². The number of para-hydroxylation sites is 1. The van der Waals surface area contributed by atoms with E-state index < -0.39 is 29.2 Å². The fraction of sp³-hybridized carbons (Fsp3) is 0.370. The van der Waals surface area contributed by atoms with Gasteiger partial charge in [0.25, 0.3) is 0 Å².